The molecule has 0 aliphatic carbocycles. The van der Waals surface area contributed by atoms with Gasteiger partial charge in [-0.2, -0.15) is 0 Å². The van der Waals surface area contributed by atoms with E-state index in [2.05, 4.69) is 17.2 Å². The van der Waals surface area contributed by atoms with Crippen LogP contribution in [0.5, 0.6) is 0 Å². The zero-order valence-electron chi connectivity index (χ0n) is 13.4. The highest BCUT2D eigenvalue weighted by Crippen LogP contribution is 2.10. The molecule has 7 heteroatoms. The third-order valence-electron chi connectivity index (χ3n) is 3.46. The molecule has 0 aliphatic heterocycles. The lowest BCUT2D eigenvalue weighted by atomic mass is 10.1. The van der Waals surface area contributed by atoms with E-state index in [-0.39, 0.29) is 17.9 Å². The molecule has 0 aliphatic rings. The van der Waals surface area contributed by atoms with Crippen molar-refractivity contribution in [2.45, 2.75) is 58.3 Å². The van der Waals surface area contributed by atoms with Gasteiger partial charge in [-0.1, -0.05) is 45.4 Å². The lowest BCUT2D eigenvalue weighted by molar-refractivity contribution is -0.389. The Balaban J connectivity index is 2.30. The summed E-state index contributed by atoms with van der Waals surface area (Å²) in [7, 11) is 0. The van der Waals surface area contributed by atoms with Gasteiger partial charge in [0, 0.05) is 12.5 Å². The monoisotopic (exact) mass is 321 g/mol. The standard InChI is InChI=1S/C16H23N3O4/c1-2-3-4-5-6-7-8-9-15(20)18-16(21)13-10-11-17-14(12-13)19(22)23/h10-12H,2-9H2,1H3,(H,18,20,21). The van der Waals surface area contributed by atoms with Crippen LogP contribution in [-0.4, -0.2) is 21.7 Å². The second-order valence-corrected chi connectivity index (χ2v) is 5.41. The van der Waals surface area contributed by atoms with E-state index in [0.29, 0.717) is 0 Å². The number of unbranched alkanes of at least 4 members (excludes halogenated alkanes) is 6. The van der Waals surface area contributed by atoms with Gasteiger partial charge in [-0.3, -0.25) is 14.9 Å². The quantitative estimate of drug-likeness (QED) is 0.404. The van der Waals surface area contributed by atoms with Gasteiger partial charge in [-0.15, -0.1) is 0 Å². The summed E-state index contributed by atoms with van der Waals surface area (Å²) >= 11 is 0. The molecule has 0 spiro atoms. The fraction of sp³-hybridized carbons (Fsp3) is 0.562. The zero-order valence-corrected chi connectivity index (χ0v) is 13.4. The molecule has 0 radical (unpaired) electrons. The number of aromatic nitrogens is 1. The van der Waals surface area contributed by atoms with E-state index in [1.807, 2.05) is 0 Å². The van der Waals surface area contributed by atoms with Gasteiger partial charge in [0.25, 0.3) is 5.91 Å². The predicted molar refractivity (Wildman–Crippen MR) is 86.0 cm³/mol. The molecule has 0 unspecified atom stereocenters. The van der Waals surface area contributed by atoms with E-state index < -0.39 is 16.6 Å². The molecular weight excluding hydrogens is 298 g/mol. The fourth-order valence-electron chi connectivity index (χ4n) is 2.16. The van der Waals surface area contributed by atoms with Crippen LogP contribution in [0.25, 0.3) is 0 Å². The van der Waals surface area contributed by atoms with Crippen molar-refractivity contribution in [1.82, 2.24) is 10.3 Å². The minimum absolute atomic E-state index is 0.0552. The molecule has 1 heterocycles. The van der Waals surface area contributed by atoms with Gasteiger partial charge in [0.2, 0.25) is 5.91 Å². The molecule has 0 atom stereocenters. The van der Waals surface area contributed by atoms with Crippen molar-refractivity contribution in [2.24, 2.45) is 0 Å². The molecule has 1 aromatic heterocycles. The van der Waals surface area contributed by atoms with Crippen molar-refractivity contribution < 1.29 is 14.5 Å². The van der Waals surface area contributed by atoms with Gasteiger partial charge in [0.15, 0.2) is 0 Å². The highest BCUT2D eigenvalue weighted by molar-refractivity contribution is 6.04. The topological polar surface area (TPSA) is 102 Å². The number of carbonyl (C=O) groups excluding carboxylic acids is 2. The maximum Gasteiger partial charge on any atom is 0.364 e. The molecule has 0 fully saturated rings. The summed E-state index contributed by atoms with van der Waals surface area (Å²) in [6, 6.07) is 2.39. The van der Waals surface area contributed by atoms with Crippen LogP contribution in [0.3, 0.4) is 0 Å². The normalized spacial score (nSPS) is 10.3. The molecule has 0 saturated carbocycles. The number of pyridine rings is 1. The SMILES string of the molecule is CCCCCCCCCC(=O)NC(=O)c1ccnc([N+](=O)[O-])c1. The first-order chi connectivity index (χ1) is 11.0. The Labute approximate surface area is 135 Å². The first-order valence-corrected chi connectivity index (χ1v) is 7.99. The third-order valence-corrected chi connectivity index (χ3v) is 3.46. The first-order valence-electron chi connectivity index (χ1n) is 7.99. The van der Waals surface area contributed by atoms with Gasteiger partial charge in [0.1, 0.15) is 6.20 Å². The Kier molecular flexibility index (Phi) is 8.49. The fourth-order valence-corrected chi connectivity index (χ4v) is 2.16. The van der Waals surface area contributed by atoms with Gasteiger partial charge >= 0.3 is 5.82 Å². The number of carbonyl (C=O) groups is 2. The van der Waals surface area contributed by atoms with Crippen molar-refractivity contribution in [3.05, 3.63) is 34.0 Å². The summed E-state index contributed by atoms with van der Waals surface area (Å²) in [6.07, 6.45) is 9.11. The van der Waals surface area contributed by atoms with Crippen LogP contribution < -0.4 is 5.32 Å². The van der Waals surface area contributed by atoms with E-state index in [1.54, 1.807) is 0 Å². The number of nitrogens with one attached hydrogen (secondary N) is 1. The Morgan fingerprint density at radius 1 is 1.17 bits per heavy atom. The van der Waals surface area contributed by atoms with Crippen molar-refractivity contribution in [3.63, 3.8) is 0 Å². The second kappa shape index (κ2) is 10.4. The molecule has 0 saturated heterocycles. The molecule has 7 nitrogen and oxygen atoms in total. The Hall–Kier alpha value is -2.31. The maximum atomic E-state index is 11.9. The van der Waals surface area contributed by atoms with Crippen LogP contribution in [0.15, 0.2) is 18.3 Å². The van der Waals surface area contributed by atoms with Crippen LogP contribution in [0.1, 0.15) is 68.6 Å². The molecular formula is C16H23N3O4. The maximum absolute atomic E-state index is 11.9. The highest BCUT2D eigenvalue weighted by Gasteiger charge is 2.14. The number of hydrogen-bond donors (Lipinski definition) is 1. The molecule has 126 valence electrons. The Bertz CT molecular complexity index is 546. The van der Waals surface area contributed by atoms with Crippen LogP contribution in [0, 0.1) is 10.1 Å². The lowest BCUT2D eigenvalue weighted by Crippen LogP contribution is -2.30. The van der Waals surface area contributed by atoms with Crippen molar-refractivity contribution in [2.75, 3.05) is 0 Å². The van der Waals surface area contributed by atoms with Crippen LogP contribution >= 0.6 is 0 Å². The summed E-state index contributed by atoms with van der Waals surface area (Å²) in [5.41, 5.74) is 0.0552. The molecule has 1 rings (SSSR count). The van der Waals surface area contributed by atoms with Gasteiger partial charge in [-0.05, 0) is 22.4 Å². The average molecular weight is 321 g/mol. The molecule has 23 heavy (non-hydrogen) atoms. The molecule has 1 N–H and O–H groups in total. The summed E-state index contributed by atoms with van der Waals surface area (Å²) in [6.45, 7) is 2.17. The van der Waals surface area contributed by atoms with E-state index >= 15 is 0 Å². The number of hydrogen-bond acceptors (Lipinski definition) is 5. The van der Waals surface area contributed by atoms with E-state index in [1.165, 1.54) is 37.9 Å². The summed E-state index contributed by atoms with van der Waals surface area (Å²) in [5.74, 6) is -1.41. The minimum Gasteiger partial charge on any atom is -0.358 e. The molecule has 0 aromatic carbocycles. The van der Waals surface area contributed by atoms with Gasteiger partial charge in [-0.25, -0.2) is 0 Å². The summed E-state index contributed by atoms with van der Waals surface area (Å²) < 4.78 is 0. The largest absolute Gasteiger partial charge is 0.364 e. The number of nitro groups is 1. The first kappa shape index (κ1) is 18.7. The smallest absolute Gasteiger partial charge is 0.358 e. The van der Waals surface area contributed by atoms with Gasteiger partial charge < -0.3 is 10.1 Å². The molecule has 2 amide bonds. The highest BCUT2D eigenvalue weighted by atomic mass is 16.6. The lowest BCUT2D eigenvalue weighted by Gasteiger charge is -2.04. The van der Waals surface area contributed by atoms with Crippen molar-refractivity contribution >= 4 is 17.6 Å². The van der Waals surface area contributed by atoms with Crippen LogP contribution in [0.2, 0.25) is 0 Å². The Morgan fingerprint density at radius 2 is 1.83 bits per heavy atom. The average Bonchev–Trinajstić information content (AvgIpc) is 2.54. The van der Waals surface area contributed by atoms with Gasteiger partial charge in [0.05, 0.1) is 5.56 Å². The van der Waals surface area contributed by atoms with Crippen molar-refractivity contribution in [1.29, 1.82) is 0 Å². The van der Waals surface area contributed by atoms with Crippen LogP contribution in [-0.2, 0) is 4.79 Å². The van der Waals surface area contributed by atoms with E-state index in [0.717, 1.165) is 25.3 Å². The van der Waals surface area contributed by atoms with E-state index in [4.69, 9.17) is 0 Å². The summed E-state index contributed by atoms with van der Waals surface area (Å²) in [4.78, 5) is 37.0. The summed E-state index contributed by atoms with van der Waals surface area (Å²) in [5, 5.41) is 12.9. The number of rotatable bonds is 10. The molecule has 0 bridgehead atoms. The number of imide groups is 1. The number of nitrogens with zero attached hydrogens (tertiary/aromatic N) is 2. The second-order valence-electron chi connectivity index (χ2n) is 5.41. The predicted octanol–water partition coefficient (Wildman–Crippen LogP) is 3.39. The molecule has 1 aromatic rings. The Morgan fingerprint density at radius 3 is 2.48 bits per heavy atom. The van der Waals surface area contributed by atoms with Crippen molar-refractivity contribution in [3.8, 4) is 0 Å². The number of amides is 2. The minimum atomic E-state index is -0.683. The van der Waals surface area contributed by atoms with E-state index in [9.17, 15) is 19.7 Å². The third kappa shape index (κ3) is 7.49. The zero-order chi connectivity index (χ0) is 17.1. The van der Waals surface area contributed by atoms with Crippen LogP contribution in [0.4, 0.5) is 5.82 Å².